The van der Waals surface area contributed by atoms with E-state index < -0.39 is 30.1 Å². The van der Waals surface area contributed by atoms with E-state index in [2.05, 4.69) is 4.74 Å². The predicted octanol–water partition coefficient (Wildman–Crippen LogP) is 3.70. The summed E-state index contributed by atoms with van der Waals surface area (Å²) in [5, 5.41) is 17.4. The van der Waals surface area contributed by atoms with Crippen molar-refractivity contribution in [3.05, 3.63) is 12.3 Å². The molecule has 0 amide bonds. The third-order valence-electron chi connectivity index (χ3n) is 2.35. The molecule has 0 aromatic rings. The Hall–Kier alpha value is -1.90. The van der Waals surface area contributed by atoms with Crippen LogP contribution in [0.15, 0.2) is 12.3 Å². The number of rotatable bonds is 5. The SMILES string of the molecule is CCO/C=C/CC(C#N)(C#N)C(C(F)(F)F)C(F)(F)F. The van der Waals surface area contributed by atoms with Crippen LogP contribution >= 0.6 is 0 Å². The van der Waals surface area contributed by atoms with Crippen LogP contribution < -0.4 is 0 Å². The minimum Gasteiger partial charge on any atom is -0.502 e. The van der Waals surface area contributed by atoms with Crippen LogP contribution in [0.25, 0.3) is 0 Å². The van der Waals surface area contributed by atoms with Gasteiger partial charge in [-0.25, -0.2) is 0 Å². The van der Waals surface area contributed by atoms with Crippen molar-refractivity contribution in [2.24, 2.45) is 11.3 Å². The molecule has 0 unspecified atom stereocenters. The summed E-state index contributed by atoms with van der Waals surface area (Å²) in [6.07, 6.45) is -10.9. The summed E-state index contributed by atoms with van der Waals surface area (Å²) in [4.78, 5) is 0. The normalized spacial score (nSPS) is 13.3. The summed E-state index contributed by atoms with van der Waals surface area (Å²) in [6, 6.07) is 1.69. The topological polar surface area (TPSA) is 56.8 Å². The number of alkyl halides is 6. The first-order chi connectivity index (χ1) is 9.05. The van der Waals surface area contributed by atoms with Crippen LogP contribution in [0.3, 0.4) is 0 Å². The lowest BCUT2D eigenvalue weighted by molar-refractivity contribution is -0.302. The largest absolute Gasteiger partial charge is 0.502 e. The molecule has 0 bridgehead atoms. The number of hydrogen-bond acceptors (Lipinski definition) is 3. The third kappa shape index (κ3) is 4.34. The maximum Gasteiger partial charge on any atom is 0.403 e. The lowest BCUT2D eigenvalue weighted by Gasteiger charge is -2.31. The van der Waals surface area contributed by atoms with Crippen molar-refractivity contribution in [1.29, 1.82) is 10.5 Å². The Kier molecular flexibility index (Phi) is 5.89. The third-order valence-corrected chi connectivity index (χ3v) is 2.35. The highest BCUT2D eigenvalue weighted by atomic mass is 19.4. The van der Waals surface area contributed by atoms with E-state index in [4.69, 9.17) is 10.5 Å². The van der Waals surface area contributed by atoms with Crippen LogP contribution in [0.1, 0.15) is 13.3 Å². The first-order valence-corrected chi connectivity index (χ1v) is 5.27. The van der Waals surface area contributed by atoms with Gasteiger partial charge in [0.2, 0.25) is 0 Å². The van der Waals surface area contributed by atoms with Gasteiger partial charge < -0.3 is 4.74 Å². The zero-order valence-electron chi connectivity index (χ0n) is 10.2. The van der Waals surface area contributed by atoms with E-state index >= 15 is 0 Å². The molecule has 0 saturated carbocycles. The van der Waals surface area contributed by atoms with Crippen LogP contribution in [0, 0.1) is 34.0 Å². The number of nitrogens with zero attached hydrogens (tertiary/aromatic N) is 2. The molecule has 0 rings (SSSR count). The Bertz CT molecular complexity index is 398. The average Bonchev–Trinajstić information content (AvgIpc) is 2.29. The smallest absolute Gasteiger partial charge is 0.403 e. The summed E-state index contributed by atoms with van der Waals surface area (Å²) in [5.41, 5.74) is -3.29. The molecule has 0 aliphatic heterocycles. The van der Waals surface area contributed by atoms with Gasteiger partial charge >= 0.3 is 12.4 Å². The quantitative estimate of drug-likeness (QED) is 0.574. The molecule has 0 aliphatic rings. The lowest BCUT2D eigenvalue weighted by atomic mass is 9.74. The molecule has 0 aromatic heterocycles. The molecule has 0 radical (unpaired) electrons. The molecular weight excluding hydrogens is 290 g/mol. The van der Waals surface area contributed by atoms with Crippen LogP contribution in [-0.2, 0) is 4.74 Å². The minimum atomic E-state index is -5.76. The number of halogens is 6. The van der Waals surface area contributed by atoms with Gasteiger partial charge in [0.15, 0.2) is 11.3 Å². The van der Waals surface area contributed by atoms with E-state index in [0.29, 0.717) is 0 Å². The molecule has 9 heteroatoms. The van der Waals surface area contributed by atoms with Gasteiger partial charge in [-0.3, -0.25) is 0 Å². The standard InChI is InChI=1S/C11H10F6N2O/c1-2-20-5-3-4-9(6-18,7-19)8(10(12,13)14)11(15,16)17/h3,5,8H,2,4H2,1H3/b5-3+. The maximum absolute atomic E-state index is 12.6. The fraction of sp³-hybridized carbons (Fsp3) is 0.636. The fourth-order valence-corrected chi connectivity index (χ4v) is 1.51. The summed E-state index contributed by atoms with van der Waals surface area (Å²) in [6.45, 7) is 1.69. The van der Waals surface area contributed by atoms with Crippen LogP contribution in [-0.4, -0.2) is 19.0 Å². The zero-order valence-corrected chi connectivity index (χ0v) is 10.2. The zero-order chi connectivity index (χ0) is 16.0. The van der Waals surface area contributed by atoms with Gasteiger partial charge in [0.1, 0.15) is 0 Å². The Morgan fingerprint density at radius 2 is 1.50 bits per heavy atom. The van der Waals surface area contributed by atoms with Gasteiger partial charge in [0.25, 0.3) is 0 Å². The summed E-state index contributed by atoms with van der Waals surface area (Å²) in [7, 11) is 0. The second kappa shape index (κ2) is 6.51. The second-order valence-corrected chi connectivity index (χ2v) is 3.74. The van der Waals surface area contributed by atoms with Gasteiger partial charge in [0, 0.05) is 6.42 Å². The lowest BCUT2D eigenvalue weighted by Crippen LogP contribution is -2.47. The number of nitriles is 2. The van der Waals surface area contributed by atoms with Crippen molar-refractivity contribution < 1.29 is 31.1 Å². The van der Waals surface area contributed by atoms with Gasteiger partial charge in [-0.05, 0) is 13.0 Å². The summed E-state index contributed by atoms with van der Waals surface area (Å²) in [5.74, 6) is -4.05. The fourth-order valence-electron chi connectivity index (χ4n) is 1.51. The van der Waals surface area contributed by atoms with Gasteiger partial charge in [-0.15, -0.1) is 0 Å². The van der Waals surface area contributed by atoms with Gasteiger partial charge in [-0.2, -0.15) is 36.9 Å². The number of hydrogen-bond donors (Lipinski definition) is 0. The Morgan fingerprint density at radius 1 is 1.05 bits per heavy atom. The first kappa shape index (κ1) is 18.1. The Morgan fingerprint density at radius 3 is 1.80 bits per heavy atom. The van der Waals surface area contributed by atoms with Crippen molar-refractivity contribution in [1.82, 2.24) is 0 Å². The molecule has 0 aromatic carbocycles. The van der Waals surface area contributed by atoms with E-state index in [1.54, 1.807) is 6.92 Å². The highest BCUT2D eigenvalue weighted by Crippen LogP contribution is 2.50. The van der Waals surface area contributed by atoms with E-state index in [-0.39, 0.29) is 6.61 Å². The van der Waals surface area contributed by atoms with Crippen LogP contribution in [0.5, 0.6) is 0 Å². The molecule has 0 N–H and O–H groups in total. The molecule has 0 aliphatic carbocycles. The van der Waals surface area contributed by atoms with E-state index in [1.165, 1.54) is 0 Å². The molecular formula is C11H10F6N2O. The van der Waals surface area contributed by atoms with Crippen LogP contribution in [0.4, 0.5) is 26.3 Å². The molecule has 0 fully saturated rings. The number of allylic oxidation sites excluding steroid dienone is 1. The monoisotopic (exact) mass is 300 g/mol. The molecule has 3 nitrogen and oxygen atoms in total. The molecule has 0 spiro atoms. The van der Waals surface area contributed by atoms with Crippen molar-refractivity contribution in [3.8, 4) is 12.1 Å². The summed E-state index contributed by atoms with van der Waals surface area (Å²) < 4.78 is 80.1. The highest BCUT2D eigenvalue weighted by Gasteiger charge is 2.67. The van der Waals surface area contributed by atoms with Gasteiger partial charge in [0.05, 0.1) is 25.0 Å². The van der Waals surface area contributed by atoms with Crippen LogP contribution in [0.2, 0.25) is 0 Å². The predicted molar refractivity (Wildman–Crippen MR) is 54.6 cm³/mol. The van der Waals surface area contributed by atoms with Crippen molar-refractivity contribution in [2.45, 2.75) is 25.7 Å². The molecule has 112 valence electrons. The molecule has 0 saturated heterocycles. The number of ether oxygens (including phenoxy) is 1. The van der Waals surface area contributed by atoms with Crippen molar-refractivity contribution in [2.75, 3.05) is 6.61 Å². The van der Waals surface area contributed by atoms with Crippen molar-refractivity contribution in [3.63, 3.8) is 0 Å². The average molecular weight is 300 g/mol. The van der Waals surface area contributed by atoms with E-state index in [0.717, 1.165) is 24.5 Å². The summed E-state index contributed by atoms with van der Waals surface area (Å²) >= 11 is 0. The van der Waals surface area contributed by atoms with E-state index in [9.17, 15) is 26.3 Å². The minimum absolute atomic E-state index is 0.143. The van der Waals surface area contributed by atoms with Gasteiger partial charge in [-0.1, -0.05) is 0 Å². The Balaban J connectivity index is 5.63. The molecule has 0 atom stereocenters. The maximum atomic E-state index is 12.6. The molecule has 0 heterocycles. The second-order valence-electron chi connectivity index (χ2n) is 3.74. The Labute approximate surface area is 111 Å². The molecule has 20 heavy (non-hydrogen) atoms. The first-order valence-electron chi connectivity index (χ1n) is 5.27. The van der Waals surface area contributed by atoms with Crippen molar-refractivity contribution >= 4 is 0 Å². The van der Waals surface area contributed by atoms with E-state index in [1.807, 2.05) is 0 Å². The highest BCUT2D eigenvalue weighted by molar-refractivity contribution is 5.21.